The Kier molecular flexibility index (Phi) is 3.26. The Labute approximate surface area is 82.0 Å². The summed E-state index contributed by atoms with van der Waals surface area (Å²) in [5, 5.41) is 0. The molecule has 0 aliphatic carbocycles. The summed E-state index contributed by atoms with van der Waals surface area (Å²) in [6, 6.07) is 2.12. The normalized spacial score (nSPS) is 8.29. The van der Waals surface area contributed by atoms with Crippen molar-refractivity contribution in [2.75, 3.05) is 0 Å². The average Bonchev–Trinajstić information content (AvgIpc) is 2.14. The Morgan fingerprint density at radius 3 is 1.50 bits per heavy atom. The van der Waals surface area contributed by atoms with Crippen LogP contribution in [0.25, 0.3) is 0 Å². The molecule has 0 nitrogen and oxygen atoms in total. The molecule has 0 aromatic heterocycles. The number of hydrogen-bond acceptors (Lipinski definition) is 0. The van der Waals surface area contributed by atoms with Crippen molar-refractivity contribution in [3.8, 4) is 23.7 Å². The van der Waals surface area contributed by atoms with Crippen molar-refractivity contribution in [1.82, 2.24) is 0 Å². The Morgan fingerprint density at radius 2 is 1.21 bits per heavy atom. The highest BCUT2D eigenvalue weighted by atomic mass is 19.2. The van der Waals surface area contributed by atoms with E-state index in [4.69, 9.17) is 0 Å². The number of rotatable bonds is 0. The van der Waals surface area contributed by atoms with Gasteiger partial charge in [0.05, 0.1) is 0 Å². The largest absolute Gasteiger partial charge is 0.204 e. The van der Waals surface area contributed by atoms with Crippen molar-refractivity contribution in [3.05, 3.63) is 34.9 Å². The van der Waals surface area contributed by atoms with Gasteiger partial charge in [0.15, 0.2) is 11.6 Å². The molecule has 70 valence electrons. The summed E-state index contributed by atoms with van der Waals surface area (Å²) in [6.45, 7) is 3.26. The van der Waals surface area contributed by atoms with Crippen molar-refractivity contribution in [1.29, 1.82) is 0 Å². The molecule has 0 radical (unpaired) electrons. The SMILES string of the molecule is CC#Cc1cc(F)c(F)cc1C#CC. The first-order valence-electron chi connectivity index (χ1n) is 4.03. The van der Waals surface area contributed by atoms with Crippen molar-refractivity contribution < 1.29 is 8.78 Å². The van der Waals surface area contributed by atoms with E-state index in [2.05, 4.69) is 23.7 Å². The van der Waals surface area contributed by atoms with E-state index >= 15 is 0 Å². The van der Waals surface area contributed by atoms with Gasteiger partial charge in [-0.2, -0.15) is 0 Å². The molecule has 2 heteroatoms. The molecule has 0 heterocycles. The fourth-order valence-corrected chi connectivity index (χ4v) is 1.02. The summed E-state index contributed by atoms with van der Waals surface area (Å²) in [7, 11) is 0. The van der Waals surface area contributed by atoms with Gasteiger partial charge >= 0.3 is 0 Å². The Balaban J connectivity index is 3.41. The van der Waals surface area contributed by atoms with Gasteiger partial charge in [-0.15, -0.1) is 11.8 Å². The third kappa shape index (κ3) is 2.12. The predicted molar refractivity (Wildman–Crippen MR) is 51.5 cm³/mol. The van der Waals surface area contributed by atoms with Gasteiger partial charge in [0, 0.05) is 11.1 Å². The van der Waals surface area contributed by atoms with E-state index in [-0.39, 0.29) is 0 Å². The third-order valence-corrected chi connectivity index (χ3v) is 1.58. The third-order valence-electron chi connectivity index (χ3n) is 1.58. The molecule has 1 aromatic carbocycles. The van der Waals surface area contributed by atoms with Crippen LogP contribution in [0.4, 0.5) is 8.78 Å². The van der Waals surface area contributed by atoms with Gasteiger partial charge in [-0.05, 0) is 26.0 Å². The van der Waals surface area contributed by atoms with Gasteiger partial charge in [0.1, 0.15) is 0 Å². The maximum absolute atomic E-state index is 12.8. The highest BCUT2D eigenvalue weighted by molar-refractivity contribution is 5.50. The predicted octanol–water partition coefficient (Wildman–Crippen LogP) is 2.71. The van der Waals surface area contributed by atoms with Gasteiger partial charge < -0.3 is 0 Å². The second-order valence-electron chi connectivity index (χ2n) is 2.56. The smallest absolute Gasteiger partial charge is 0.160 e. The van der Waals surface area contributed by atoms with Crippen LogP contribution in [0.3, 0.4) is 0 Å². The van der Waals surface area contributed by atoms with Crippen LogP contribution in [0.2, 0.25) is 0 Å². The average molecular weight is 190 g/mol. The van der Waals surface area contributed by atoms with Crippen molar-refractivity contribution >= 4 is 0 Å². The van der Waals surface area contributed by atoms with E-state index in [9.17, 15) is 8.78 Å². The van der Waals surface area contributed by atoms with Gasteiger partial charge in [-0.25, -0.2) is 8.78 Å². The quantitative estimate of drug-likeness (QED) is 0.552. The second kappa shape index (κ2) is 4.44. The second-order valence-corrected chi connectivity index (χ2v) is 2.56. The van der Waals surface area contributed by atoms with E-state index in [1.807, 2.05) is 0 Å². The first kappa shape index (κ1) is 10.3. The van der Waals surface area contributed by atoms with Crippen molar-refractivity contribution in [2.45, 2.75) is 13.8 Å². The number of benzene rings is 1. The molecule has 14 heavy (non-hydrogen) atoms. The summed E-state index contributed by atoms with van der Waals surface area (Å²) in [5.74, 6) is 8.79. The molecular weight excluding hydrogens is 182 g/mol. The molecule has 0 fully saturated rings. The fourth-order valence-electron chi connectivity index (χ4n) is 1.02. The van der Waals surface area contributed by atoms with E-state index in [1.54, 1.807) is 13.8 Å². The van der Waals surface area contributed by atoms with Crippen molar-refractivity contribution in [3.63, 3.8) is 0 Å². The fraction of sp³-hybridized carbons (Fsp3) is 0.167. The molecule has 0 saturated carbocycles. The summed E-state index contributed by atoms with van der Waals surface area (Å²) in [5.41, 5.74) is 0.835. The van der Waals surface area contributed by atoms with Gasteiger partial charge in [0.25, 0.3) is 0 Å². The molecule has 1 aromatic rings. The first-order chi connectivity index (χ1) is 6.69. The van der Waals surface area contributed by atoms with Crippen LogP contribution >= 0.6 is 0 Å². The highest BCUT2D eigenvalue weighted by Gasteiger charge is 2.06. The van der Waals surface area contributed by atoms with E-state index < -0.39 is 11.6 Å². The van der Waals surface area contributed by atoms with Gasteiger partial charge in [-0.1, -0.05) is 11.8 Å². The highest BCUT2D eigenvalue weighted by Crippen LogP contribution is 2.13. The number of hydrogen-bond donors (Lipinski definition) is 0. The lowest BCUT2D eigenvalue weighted by atomic mass is 10.1. The van der Waals surface area contributed by atoms with E-state index in [0.717, 1.165) is 12.1 Å². The van der Waals surface area contributed by atoms with Crippen LogP contribution in [0, 0.1) is 35.3 Å². The molecule has 0 aliphatic heterocycles. The molecule has 1 rings (SSSR count). The van der Waals surface area contributed by atoms with Gasteiger partial charge in [-0.3, -0.25) is 0 Å². The lowest BCUT2D eigenvalue weighted by Gasteiger charge is -1.98. The molecule has 0 bridgehead atoms. The molecule has 0 spiro atoms. The molecular formula is C12H8F2. The van der Waals surface area contributed by atoms with Crippen LogP contribution in [0.15, 0.2) is 12.1 Å². The lowest BCUT2D eigenvalue weighted by Crippen LogP contribution is -1.91. The van der Waals surface area contributed by atoms with Crippen LogP contribution in [-0.4, -0.2) is 0 Å². The minimum atomic E-state index is -0.899. The van der Waals surface area contributed by atoms with Crippen LogP contribution < -0.4 is 0 Å². The molecule has 0 unspecified atom stereocenters. The van der Waals surface area contributed by atoms with E-state index in [1.165, 1.54) is 0 Å². The van der Waals surface area contributed by atoms with Crippen LogP contribution in [0.1, 0.15) is 25.0 Å². The first-order valence-corrected chi connectivity index (χ1v) is 4.03. The molecule has 0 amide bonds. The van der Waals surface area contributed by atoms with Crippen molar-refractivity contribution in [2.24, 2.45) is 0 Å². The monoisotopic (exact) mass is 190 g/mol. The number of halogens is 2. The zero-order valence-corrected chi connectivity index (χ0v) is 7.91. The summed E-state index contributed by atoms with van der Waals surface area (Å²) >= 11 is 0. The topological polar surface area (TPSA) is 0 Å². The molecule has 0 aliphatic rings. The standard InChI is InChI=1S/C12H8F2/c1-3-5-9-7-11(13)12(14)8-10(9)6-4-2/h7-8H,1-2H3. The lowest BCUT2D eigenvalue weighted by molar-refractivity contribution is 0.508. The summed E-state index contributed by atoms with van der Waals surface area (Å²) in [4.78, 5) is 0. The maximum atomic E-state index is 12.8. The molecule has 0 N–H and O–H groups in total. The Hall–Kier alpha value is -1.80. The zero-order chi connectivity index (χ0) is 10.6. The van der Waals surface area contributed by atoms with Crippen LogP contribution in [0.5, 0.6) is 0 Å². The summed E-state index contributed by atoms with van der Waals surface area (Å²) < 4.78 is 25.7. The Bertz CT molecular complexity index is 420. The minimum absolute atomic E-state index is 0.417. The zero-order valence-electron chi connectivity index (χ0n) is 7.91. The minimum Gasteiger partial charge on any atom is -0.204 e. The maximum Gasteiger partial charge on any atom is 0.160 e. The Morgan fingerprint density at radius 1 is 0.857 bits per heavy atom. The molecule has 0 saturated heterocycles. The van der Waals surface area contributed by atoms with Gasteiger partial charge in [0.2, 0.25) is 0 Å². The molecule has 0 atom stereocenters. The van der Waals surface area contributed by atoms with E-state index in [0.29, 0.717) is 11.1 Å². The van der Waals surface area contributed by atoms with Crippen LogP contribution in [-0.2, 0) is 0 Å². The summed E-state index contributed by atoms with van der Waals surface area (Å²) in [6.07, 6.45) is 0.